The van der Waals surface area contributed by atoms with Gasteiger partial charge in [0.1, 0.15) is 5.78 Å². The zero-order chi connectivity index (χ0) is 10.3. The van der Waals surface area contributed by atoms with E-state index in [0.29, 0.717) is 18.1 Å². The molecule has 2 aliphatic carbocycles. The Morgan fingerprint density at radius 1 is 1.57 bits per heavy atom. The first-order valence-corrected chi connectivity index (χ1v) is 5.43. The fourth-order valence-electron chi connectivity index (χ4n) is 3.27. The molecule has 2 nitrogen and oxygen atoms in total. The molecule has 0 saturated heterocycles. The summed E-state index contributed by atoms with van der Waals surface area (Å²) in [5, 5.41) is 9.83. The van der Waals surface area contributed by atoms with Crippen LogP contribution in [0, 0.1) is 17.3 Å². The highest BCUT2D eigenvalue weighted by molar-refractivity contribution is 5.87. The molecule has 0 aromatic rings. The Kier molecular flexibility index (Phi) is 2.26. The molecule has 14 heavy (non-hydrogen) atoms. The van der Waals surface area contributed by atoms with Crippen molar-refractivity contribution < 1.29 is 9.90 Å². The van der Waals surface area contributed by atoms with E-state index >= 15 is 0 Å². The van der Waals surface area contributed by atoms with Crippen LogP contribution in [-0.4, -0.2) is 17.0 Å². The molecule has 0 bridgehead atoms. The van der Waals surface area contributed by atoms with E-state index < -0.39 is 0 Å². The second kappa shape index (κ2) is 3.20. The van der Waals surface area contributed by atoms with E-state index in [-0.39, 0.29) is 17.4 Å². The highest BCUT2D eigenvalue weighted by Crippen LogP contribution is 2.52. The molecular weight excluding hydrogens is 176 g/mol. The summed E-state index contributed by atoms with van der Waals surface area (Å²) in [5.74, 6) is 0.845. The van der Waals surface area contributed by atoms with Crippen molar-refractivity contribution in [2.75, 3.05) is 0 Å². The second-order valence-electron chi connectivity index (χ2n) is 4.90. The molecule has 4 atom stereocenters. The van der Waals surface area contributed by atoms with Gasteiger partial charge in [-0.1, -0.05) is 13.0 Å². The van der Waals surface area contributed by atoms with Crippen LogP contribution in [-0.2, 0) is 4.79 Å². The van der Waals surface area contributed by atoms with Gasteiger partial charge in [0.15, 0.2) is 0 Å². The normalized spacial score (nSPS) is 47.6. The molecule has 0 amide bonds. The first kappa shape index (κ1) is 9.91. The molecule has 1 N–H and O–H groups in total. The van der Waals surface area contributed by atoms with Crippen molar-refractivity contribution in [3.05, 3.63) is 12.7 Å². The molecule has 2 rings (SSSR count). The third-order valence-electron chi connectivity index (χ3n) is 4.28. The van der Waals surface area contributed by atoms with Gasteiger partial charge < -0.3 is 5.11 Å². The van der Waals surface area contributed by atoms with E-state index in [9.17, 15) is 9.90 Å². The third-order valence-corrected chi connectivity index (χ3v) is 4.28. The lowest BCUT2D eigenvalue weighted by Crippen LogP contribution is -2.43. The number of carbonyl (C=O) groups is 1. The Bertz CT molecular complexity index is 271. The molecule has 2 saturated carbocycles. The van der Waals surface area contributed by atoms with Gasteiger partial charge in [-0.3, -0.25) is 4.79 Å². The molecule has 2 aliphatic rings. The van der Waals surface area contributed by atoms with Gasteiger partial charge in [0.2, 0.25) is 0 Å². The number of fused-ring (bicyclic) bond motifs is 1. The first-order valence-electron chi connectivity index (χ1n) is 5.43. The zero-order valence-corrected chi connectivity index (χ0v) is 8.70. The molecule has 78 valence electrons. The van der Waals surface area contributed by atoms with Crippen molar-refractivity contribution in [2.45, 2.75) is 38.7 Å². The van der Waals surface area contributed by atoms with Crippen LogP contribution in [0.1, 0.15) is 32.6 Å². The maximum atomic E-state index is 11.8. The molecule has 0 heterocycles. The summed E-state index contributed by atoms with van der Waals surface area (Å²) in [6, 6.07) is 0. The first-order chi connectivity index (χ1) is 6.59. The molecule has 0 aromatic carbocycles. The summed E-state index contributed by atoms with van der Waals surface area (Å²) in [5.41, 5.74) is -0.169. The largest absolute Gasteiger partial charge is 0.393 e. The Labute approximate surface area is 85.0 Å². The van der Waals surface area contributed by atoms with Crippen LogP contribution >= 0.6 is 0 Å². The number of hydrogen-bond donors (Lipinski definition) is 1. The Balaban J connectivity index is 2.30. The minimum Gasteiger partial charge on any atom is -0.393 e. The van der Waals surface area contributed by atoms with Gasteiger partial charge in [-0.15, -0.1) is 6.58 Å². The van der Waals surface area contributed by atoms with Crippen molar-refractivity contribution in [2.24, 2.45) is 17.3 Å². The second-order valence-corrected chi connectivity index (χ2v) is 4.90. The molecule has 0 unspecified atom stereocenters. The third kappa shape index (κ3) is 1.17. The number of Topliss-reactive ketones (excluding diaryl/α,β-unsaturated/α-hetero) is 1. The van der Waals surface area contributed by atoms with Gasteiger partial charge in [0.05, 0.1) is 6.10 Å². The van der Waals surface area contributed by atoms with E-state index in [1.807, 2.05) is 6.08 Å². The van der Waals surface area contributed by atoms with Crippen LogP contribution in [0.2, 0.25) is 0 Å². The Morgan fingerprint density at radius 3 is 2.93 bits per heavy atom. The van der Waals surface area contributed by atoms with E-state index in [1.54, 1.807) is 0 Å². The maximum absolute atomic E-state index is 11.8. The number of aliphatic hydroxyl groups excluding tert-OH is 1. The van der Waals surface area contributed by atoms with Crippen LogP contribution in [0.5, 0.6) is 0 Å². The standard InChI is InChI=1S/C12H18O2/c1-3-8-9-4-5-11(14)12(9,2)7-6-10(8)13/h3,8-10,13H,1,4-7H2,2H3/t8-,9-,10+,12-/m0/s1. The average Bonchev–Trinajstić information content (AvgIpc) is 2.45. The van der Waals surface area contributed by atoms with Crippen LogP contribution < -0.4 is 0 Å². The van der Waals surface area contributed by atoms with E-state index in [0.717, 1.165) is 19.3 Å². The quantitative estimate of drug-likeness (QED) is 0.648. The fourth-order valence-corrected chi connectivity index (χ4v) is 3.27. The average molecular weight is 194 g/mol. The van der Waals surface area contributed by atoms with E-state index in [1.165, 1.54) is 0 Å². The summed E-state index contributed by atoms with van der Waals surface area (Å²) < 4.78 is 0. The van der Waals surface area contributed by atoms with Crippen LogP contribution in [0.15, 0.2) is 12.7 Å². The molecule has 2 fully saturated rings. The van der Waals surface area contributed by atoms with E-state index in [2.05, 4.69) is 13.5 Å². The van der Waals surface area contributed by atoms with Gasteiger partial charge >= 0.3 is 0 Å². The highest BCUT2D eigenvalue weighted by atomic mass is 16.3. The lowest BCUT2D eigenvalue weighted by Gasteiger charge is -2.42. The van der Waals surface area contributed by atoms with Gasteiger partial charge in [-0.2, -0.15) is 0 Å². The summed E-state index contributed by atoms with van der Waals surface area (Å²) >= 11 is 0. The Morgan fingerprint density at radius 2 is 2.29 bits per heavy atom. The van der Waals surface area contributed by atoms with Gasteiger partial charge in [0, 0.05) is 17.8 Å². The lowest BCUT2D eigenvalue weighted by atomic mass is 9.63. The molecular formula is C12H18O2. The zero-order valence-electron chi connectivity index (χ0n) is 8.70. The molecule has 0 radical (unpaired) electrons. The SMILES string of the molecule is C=C[C@@H]1[C@H](O)CC[C@]2(C)C(=O)CC[C@@H]12. The Hall–Kier alpha value is -0.630. The molecule has 0 aromatic heterocycles. The summed E-state index contributed by atoms with van der Waals surface area (Å²) in [6.45, 7) is 5.84. The summed E-state index contributed by atoms with van der Waals surface area (Å²) in [6.07, 6.45) is 4.78. The maximum Gasteiger partial charge on any atom is 0.139 e. The van der Waals surface area contributed by atoms with Gasteiger partial charge in [-0.05, 0) is 25.2 Å². The van der Waals surface area contributed by atoms with Crippen molar-refractivity contribution in [3.63, 3.8) is 0 Å². The molecule has 0 aliphatic heterocycles. The van der Waals surface area contributed by atoms with E-state index in [4.69, 9.17) is 0 Å². The van der Waals surface area contributed by atoms with Crippen LogP contribution in [0.4, 0.5) is 0 Å². The monoisotopic (exact) mass is 194 g/mol. The number of rotatable bonds is 1. The predicted molar refractivity (Wildman–Crippen MR) is 54.8 cm³/mol. The number of aliphatic hydroxyl groups is 1. The van der Waals surface area contributed by atoms with Gasteiger partial charge in [0.25, 0.3) is 0 Å². The van der Waals surface area contributed by atoms with Crippen LogP contribution in [0.3, 0.4) is 0 Å². The smallest absolute Gasteiger partial charge is 0.139 e. The summed E-state index contributed by atoms with van der Waals surface area (Å²) in [4.78, 5) is 11.8. The minimum atomic E-state index is -0.281. The molecule has 2 heteroatoms. The number of hydrogen-bond acceptors (Lipinski definition) is 2. The minimum absolute atomic E-state index is 0.125. The fraction of sp³-hybridized carbons (Fsp3) is 0.750. The number of carbonyl (C=O) groups excluding carboxylic acids is 1. The highest BCUT2D eigenvalue weighted by Gasteiger charge is 2.52. The van der Waals surface area contributed by atoms with Gasteiger partial charge in [-0.25, -0.2) is 0 Å². The number of ketones is 1. The van der Waals surface area contributed by atoms with Crippen LogP contribution in [0.25, 0.3) is 0 Å². The van der Waals surface area contributed by atoms with Crippen molar-refractivity contribution in [3.8, 4) is 0 Å². The van der Waals surface area contributed by atoms with Crippen molar-refractivity contribution >= 4 is 5.78 Å². The van der Waals surface area contributed by atoms with Crippen molar-refractivity contribution in [1.29, 1.82) is 0 Å². The topological polar surface area (TPSA) is 37.3 Å². The predicted octanol–water partition coefficient (Wildman–Crippen LogP) is 1.93. The van der Waals surface area contributed by atoms with Crippen molar-refractivity contribution in [1.82, 2.24) is 0 Å². The molecule has 0 spiro atoms. The lowest BCUT2D eigenvalue weighted by molar-refractivity contribution is -0.130. The summed E-state index contributed by atoms with van der Waals surface area (Å²) in [7, 11) is 0.